The molecule has 1 aliphatic rings. The maximum Gasteiger partial charge on any atom is 0.244 e. The van der Waals surface area contributed by atoms with Crippen molar-refractivity contribution >= 4 is 33.2 Å². The van der Waals surface area contributed by atoms with Crippen molar-refractivity contribution in [1.29, 1.82) is 0 Å². The Labute approximate surface area is 129 Å². The third-order valence-corrected chi connectivity index (χ3v) is 5.86. The summed E-state index contributed by atoms with van der Waals surface area (Å²) in [7, 11) is -3.67. The molecule has 1 heterocycles. The van der Waals surface area contributed by atoms with E-state index in [2.05, 4.69) is 0 Å². The molecule has 0 atom stereocenters. The van der Waals surface area contributed by atoms with Crippen LogP contribution in [0.25, 0.3) is 0 Å². The molecule has 1 fully saturated rings. The predicted octanol–water partition coefficient (Wildman–Crippen LogP) is 1.17. The Balaban J connectivity index is 2.25. The molecule has 8 heteroatoms. The van der Waals surface area contributed by atoms with Crippen LogP contribution in [0, 0.1) is 0 Å². The fourth-order valence-corrected chi connectivity index (χ4v) is 4.31. The number of nitrogens with zero attached hydrogens (tertiary/aromatic N) is 2. The average molecular weight is 332 g/mol. The number of nitrogens with two attached hydrogens (primary N) is 1. The maximum absolute atomic E-state index is 12.6. The molecule has 0 spiro atoms. The van der Waals surface area contributed by atoms with Gasteiger partial charge >= 0.3 is 0 Å². The highest BCUT2D eigenvalue weighted by Crippen LogP contribution is 2.27. The molecular weight excluding hydrogens is 314 g/mol. The van der Waals surface area contributed by atoms with Gasteiger partial charge in [0, 0.05) is 38.8 Å². The van der Waals surface area contributed by atoms with Gasteiger partial charge in [-0.1, -0.05) is 11.6 Å². The second-order valence-corrected chi connectivity index (χ2v) is 7.27. The SMILES string of the molecule is CC(=O)N1CCCN(S(=O)(=O)c2ccc(N)cc2Cl)CC1. The van der Waals surface area contributed by atoms with Crippen LogP contribution >= 0.6 is 11.6 Å². The van der Waals surface area contributed by atoms with Crippen LogP contribution in [0.3, 0.4) is 0 Å². The minimum Gasteiger partial charge on any atom is -0.399 e. The summed E-state index contributed by atoms with van der Waals surface area (Å²) in [6.45, 7) is 3.08. The van der Waals surface area contributed by atoms with E-state index < -0.39 is 10.0 Å². The van der Waals surface area contributed by atoms with Crippen LogP contribution in [0.15, 0.2) is 23.1 Å². The van der Waals surface area contributed by atoms with Crippen molar-refractivity contribution in [2.45, 2.75) is 18.2 Å². The van der Waals surface area contributed by atoms with Gasteiger partial charge in [-0.2, -0.15) is 4.31 Å². The molecule has 2 rings (SSSR count). The molecule has 116 valence electrons. The first-order chi connectivity index (χ1) is 9.82. The van der Waals surface area contributed by atoms with Gasteiger partial charge in [-0.05, 0) is 24.6 Å². The van der Waals surface area contributed by atoms with Crippen molar-refractivity contribution < 1.29 is 13.2 Å². The Morgan fingerprint density at radius 3 is 2.57 bits per heavy atom. The van der Waals surface area contributed by atoms with Crippen LogP contribution in [0.4, 0.5) is 5.69 Å². The summed E-state index contributed by atoms with van der Waals surface area (Å²) >= 11 is 6.00. The van der Waals surface area contributed by atoms with Gasteiger partial charge in [-0.25, -0.2) is 8.42 Å². The van der Waals surface area contributed by atoms with Crippen molar-refractivity contribution in [3.8, 4) is 0 Å². The highest BCUT2D eigenvalue weighted by Gasteiger charge is 2.29. The number of hydrogen-bond acceptors (Lipinski definition) is 4. The second-order valence-electron chi connectivity index (χ2n) is 4.95. The van der Waals surface area contributed by atoms with Crippen LogP contribution in [0.2, 0.25) is 5.02 Å². The molecule has 0 aliphatic carbocycles. The Morgan fingerprint density at radius 1 is 1.24 bits per heavy atom. The van der Waals surface area contributed by atoms with E-state index in [1.165, 1.54) is 29.4 Å². The van der Waals surface area contributed by atoms with E-state index in [1.807, 2.05) is 0 Å². The van der Waals surface area contributed by atoms with Gasteiger partial charge in [-0.3, -0.25) is 4.79 Å². The summed E-state index contributed by atoms with van der Waals surface area (Å²) in [5.41, 5.74) is 6.00. The molecule has 0 unspecified atom stereocenters. The summed E-state index contributed by atoms with van der Waals surface area (Å²) in [5.74, 6) is -0.0419. The Kier molecular flexibility index (Phi) is 4.75. The van der Waals surface area contributed by atoms with Gasteiger partial charge in [0.25, 0.3) is 0 Å². The zero-order valence-electron chi connectivity index (χ0n) is 11.8. The van der Waals surface area contributed by atoms with Gasteiger partial charge in [-0.15, -0.1) is 0 Å². The van der Waals surface area contributed by atoms with Crippen molar-refractivity contribution in [2.75, 3.05) is 31.9 Å². The number of sulfonamides is 1. The van der Waals surface area contributed by atoms with E-state index in [9.17, 15) is 13.2 Å². The van der Waals surface area contributed by atoms with Crippen LogP contribution < -0.4 is 5.73 Å². The van der Waals surface area contributed by atoms with Crippen LogP contribution in [0.1, 0.15) is 13.3 Å². The number of halogens is 1. The van der Waals surface area contributed by atoms with Gasteiger partial charge in [0.2, 0.25) is 15.9 Å². The highest BCUT2D eigenvalue weighted by molar-refractivity contribution is 7.89. The number of anilines is 1. The van der Waals surface area contributed by atoms with Gasteiger partial charge in [0.15, 0.2) is 0 Å². The highest BCUT2D eigenvalue weighted by atomic mass is 35.5. The maximum atomic E-state index is 12.6. The number of rotatable bonds is 2. The minimum atomic E-state index is -3.67. The molecule has 2 N–H and O–H groups in total. The Morgan fingerprint density at radius 2 is 1.95 bits per heavy atom. The summed E-state index contributed by atoms with van der Waals surface area (Å²) in [5, 5.41) is 0.114. The number of carbonyl (C=O) groups is 1. The third-order valence-electron chi connectivity index (χ3n) is 3.47. The molecule has 1 aromatic rings. The molecule has 0 aromatic heterocycles. The number of carbonyl (C=O) groups excluding carboxylic acids is 1. The molecule has 1 saturated heterocycles. The number of amides is 1. The Hall–Kier alpha value is -1.31. The van der Waals surface area contributed by atoms with Crippen molar-refractivity contribution in [3.05, 3.63) is 23.2 Å². The minimum absolute atomic E-state index is 0.0419. The first-order valence-electron chi connectivity index (χ1n) is 6.63. The molecule has 0 bridgehead atoms. The predicted molar refractivity (Wildman–Crippen MR) is 81.5 cm³/mol. The smallest absolute Gasteiger partial charge is 0.244 e. The lowest BCUT2D eigenvalue weighted by molar-refractivity contribution is -0.128. The number of hydrogen-bond donors (Lipinski definition) is 1. The van der Waals surface area contributed by atoms with E-state index in [0.717, 1.165) is 0 Å². The molecule has 0 radical (unpaired) electrons. The zero-order chi connectivity index (χ0) is 15.6. The normalized spacial score (nSPS) is 17.5. The summed E-state index contributed by atoms with van der Waals surface area (Å²) in [4.78, 5) is 13.1. The molecular formula is C13H18ClN3O3S. The molecule has 1 aliphatic heterocycles. The van der Waals surface area contributed by atoms with Gasteiger partial charge < -0.3 is 10.6 Å². The lowest BCUT2D eigenvalue weighted by Crippen LogP contribution is -2.36. The molecule has 1 amide bonds. The molecule has 1 aromatic carbocycles. The van der Waals surface area contributed by atoms with E-state index in [0.29, 0.717) is 31.7 Å². The standard InChI is InChI=1S/C13H18ClN3O3S/c1-10(18)16-5-2-6-17(8-7-16)21(19,20)13-4-3-11(15)9-12(13)14/h3-4,9H,2,5-8,15H2,1H3. The number of benzene rings is 1. The molecule has 21 heavy (non-hydrogen) atoms. The zero-order valence-corrected chi connectivity index (χ0v) is 13.3. The van der Waals surface area contributed by atoms with Crippen molar-refractivity contribution in [2.24, 2.45) is 0 Å². The van der Waals surface area contributed by atoms with Crippen LogP contribution in [-0.4, -0.2) is 49.7 Å². The fourth-order valence-electron chi connectivity index (χ4n) is 2.31. The quantitative estimate of drug-likeness (QED) is 0.824. The van der Waals surface area contributed by atoms with Crippen LogP contribution in [0.5, 0.6) is 0 Å². The summed E-state index contributed by atoms with van der Waals surface area (Å²) in [6.07, 6.45) is 0.603. The monoisotopic (exact) mass is 331 g/mol. The lowest BCUT2D eigenvalue weighted by atomic mass is 10.3. The van der Waals surface area contributed by atoms with E-state index in [1.54, 1.807) is 4.90 Å². The first-order valence-corrected chi connectivity index (χ1v) is 8.45. The lowest BCUT2D eigenvalue weighted by Gasteiger charge is -2.21. The fraction of sp³-hybridized carbons (Fsp3) is 0.462. The van der Waals surface area contributed by atoms with Gasteiger partial charge in [0.05, 0.1) is 5.02 Å². The van der Waals surface area contributed by atoms with Crippen LogP contribution in [-0.2, 0) is 14.8 Å². The average Bonchev–Trinajstić information content (AvgIpc) is 2.64. The second kappa shape index (κ2) is 6.21. The third kappa shape index (κ3) is 3.48. The van der Waals surface area contributed by atoms with E-state index >= 15 is 0 Å². The summed E-state index contributed by atoms with van der Waals surface area (Å²) < 4.78 is 26.7. The summed E-state index contributed by atoms with van der Waals surface area (Å²) in [6, 6.07) is 4.35. The van der Waals surface area contributed by atoms with Crippen molar-refractivity contribution in [3.63, 3.8) is 0 Å². The largest absolute Gasteiger partial charge is 0.399 e. The number of nitrogen functional groups attached to an aromatic ring is 1. The molecule has 0 saturated carbocycles. The van der Waals surface area contributed by atoms with E-state index in [-0.39, 0.29) is 22.4 Å². The molecule has 6 nitrogen and oxygen atoms in total. The topological polar surface area (TPSA) is 83.7 Å². The van der Waals surface area contributed by atoms with Gasteiger partial charge in [0.1, 0.15) is 4.90 Å². The first kappa shape index (κ1) is 16.1. The van der Waals surface area contributed by atoms with Crippen molar-refractivity contribution in [1.82, 2.24) is 9.21 Å². The van der Waals surface area contributed by atoms with E-state index in [4.69, 9.17) is 17.3 Å². The Bertz CT molecular complexity index is 648.